The van der Waals surface area contributed by atoms with Crippen LogP contribution in [0.1, 0.15) is 23.0 Å². The number of carbonyl (C=O) groups is 1. The van der Waals surface area contributed by atoms with Crippen molar-refractivity contribution in [3.05, 3.63) is 46.2 Å². The zero-order valence-electron chi connectivity index (χ0n) is 13.9. The van der Waals surface area contributed by atoms with Crippen LogP contribution in [0.15, 0.2) is 39.8 Å². The van der Waals surface area contributed by atoms with Crippen LogP contribution >= 0.6 is 15.9 Å². The van der Waals surface area contributed by atoms with E-state index in [-0.39, 0.29) is 17.1 Å². The van der Waals surface area contributed by atoms with Gasteiger partial charge < -0.3 is 4.74 Å². The zero-order valence-corrected chi connectivity index (χ0v) is 16.3. The van der Waals surface area contributed by atoms with E-state index >= 15 is 0 Å². The standard InChI is InChI=1S/C16H15BrN4O4S/c1-3-25-16(22)10-4-11(17)6-13(5-10)26(23,24)21-12-7-14-9(2)19-20-15(14)18-8-12/h4-8,21H,3H2,1-2H3,(H,18,19,20). The number of nitrogens with one attached hydrogen (secondary N) is 2. The first-order valence-electron chi connectivity index (χ1n) is 7.61. The number of fused-ring (bicyclic) bond motifs is 1. The van der Waals surface area contributed by atoms with Gasteiger partial charge in [-0.15, -0.1) is 0 Å². The number of ether oxygens (including phenoxy) is 1. The van der Waals surface area contributed by atoms with E-state index in [1.807, 2.05) is 6.92 Å². The number of anilines is 1. The number of benzene rings is 1. The van der Waals surface area contributed by atoms with Gasteiger partial charge in [-0.1, -0.05) is 15.9 Å². The van der Waals surface area contributed by atoms with Gasteiger partial charge in [-0.3, -0.25) is 9.82 Å². The first kappa shape index (κ1) is 18.3. The summed E-state index contributed by atoms with van der Waals surface area (Å²) < 4.78 is 33.3. The Labute approximate surface area is 158 Å². The quantitative estimate of drug-likeness (QED) is 0.591. The molecule has 10 heteroatoms. The van der Waals surface area contributed by atoms with Gasteiger partial charge in [0, 0.05) is 15.6 Å². The zero-order chi connectivity index (χ0) is 18.9. The van der Waals surface area contributed by atoms with Crippen LogP contribution in [0.2, 0.25) is 0 Å². The number of sulfonamides is 1. The normalized spacial score (nSPS) is 11.5. The number of aromatic amines is 1. The fourth-order valence-corrected chi connectivity index (χ4v) is 4.09. The molecule has 0 spiro atoms. The largest absolute Gasteiger partial charge is 0.462 e. The summed E-state index contributed by atoms with van der Waals surface area (Å²) in [6.07, 6.45) is 1.38. The highest BCUT2D eigenvalue weighted by Crippen LogP contribution is 2.24. The first-order chi connectivity index (χ1) is 12.3. The lowest BCUT2D eigenvalue weighted by molar-refractivity contribution is 0.0526. The van der Waals surface area contributed by atoms with Crippen LogP contribution < -0.4 is 4.72 Å². The van der Waals surface area contributed by atoms with E-state index in [1.165, 1.54) is 24.4 Å². The summed E-state index contributed by atoms with van der Waals surface area (Å²) in [4.78, 5) is 16.0. The molecular formula is C16H15BrN4O4S. The molecule has 0 unspecified atom stereocenters. The fourth-order valence-electron chi connectivity index (χ4n) is 2.34. The van der Waals surface area contributed by atoms with Gasteiger partial charge in [-0.05, 0) is 38.1 Å². The lowest BCUT2D eigenvalue weighted by atomic mass is 10.2. The Balaban J connectivity index is 1.96. The summed E-state index contributed by atoms with van der Waals surface area (Å²) in [5.41, 5.74) is 1.71. The number of aryl methyl sites for hydroxylation is 1. The third-order valence-electron chi connectivity index (χ3n) is 3.55. The van der Waals surface area contributed by atoms with E-state index in [4.69, 9.17) is 4.74 Å². The van der Waals surface area contributed by atoms with Crippen LogP contribution in [0, 0.1) is 6.92 Å². The van der Waals surface area contributed by atoms with Crippen LogP contribution in [0.3, 0.4) is 0 Å². The maximum Gasteiger partial charge on any atom is 0.338 e. The predicted molar refractivity (Wildman–Crippen MR) is 99.5 cm³/mol. The summed E-state index contributed by atoms with van der Waals surface area (Å²) in [7, 11) is -3.93. The van der Waals surface area contributed by atoms with Crippen molar-refractivity contribution in [2.75, 3.05) is 11.3 Å². The number of halogens is 1. The minimum atomic E-state index is -3.93. The van der Waals surface area contributed by atoms with E-state index in [9.17, 15) is 13.2 Å². The third-order valence-corrected chi connectivity index (χ3v) is 5.36. The summed E-state index contributed by atoms with van der Waals surface area (Å²) in [5, 5.41) is 7.51. The number of hydrogen-bond acceptors (Lipinski definition) is 6. The number of hydrogen-bond donors (Lipinski definition) is 2. The Morgan fingerprint density at radius 2 is 2.08 bits per heavy atom. The Morgan fingerprint density at radius 1 is 1.31 bits per heavy atom. The molecule has 2 heterocycles. The minimum Gasteiger partial charge on any atom is -0.462 e. The average Bonchev–Trinajstić information content (AvgIpc) is 2.95. The van der Waals surface area contributed by atoms with Crippen molar-refractivity contribution in [2.45, 2.75) is 18.7 Å². The van der Waals surface area contributed by atoms with Gasteiger partial charge in [0.15, 0.2) is 5.65 Å². The molecule has 0 bridgehead atoms. The highest BCUT2D eigenvalue weighted by atomic mass is 79.9. The molecule has 136 valence electrons. The number of carbonyl (C=O) groups excluding carboxylic acids is 1. The maximum absolute atomic E-state index is 12.7. The van der Waals surface area contributed by atoms with Gasteiger partial charge in [0.25, 0.3) is 10.0 Å². The van der Waals surface area contributed by atoms with Crippen molar-refractivity contribution in [3.8, 4) is 0 Å². The smallest absolute Gasteiger partial charge is 0.338 e. The molecule has 0 atom stereocenters. The molecular weight excluding hydrogens is 424 g/mol. The predicted octanol–water partition coefficient (Wildman–Crippen LogP) is 3.01. The Morgan fingerprint density at radius 3 is 2.81 bits per heavy atom. The van der Waals surface area contributed by atoms with Gasteiger partial charge in [0.2, 0.25) is 0 Å². The van der Waals surface area contributed by atoms with Gasteiger partial charge in [-0.25, -0.2) is 18.2 Å². The number of pyridine rings is 1. The molecule has 0 aliphatic rings. The van der Waals surface area contributed by atoms with Gasteiger partial charge >= 0.3 is 5.97 Å². The molecule has 3 aromatic rings. The summed E-state index contributed by atoms with van der Waals surface area (Å²) >= 11 is 3.22. The van der Waals surface area contributed by atoms with E-state index in [2.05, 4.69) is 35.8 Å². The van der Waals surface area contributed by atoms with Crippen LogP contribution in [0.5, 0.6) is 0 Å². The van der Waals surface area contributed by atoms with Crippen LogP contribution in [0.25, 0.3) is 11.0 Å². The molecule has 2 aromatic heterocycles. The van der Waals surface area contributed by atoms with Crippen molar-refractivity contribution in [1.29, 1.82) is 0 Å². The van der Waals surface area contributed by atoms with Crippen molar-refractivity contribution in [2.24, 2.45) is 0 Å². The summed E-state index contributed by atoms with van der Waals surface area (Å²) in [6, 6.07) is 5.81. The highest BCUT2D eigenvalue weighted by Gasteiger charge is 2.19. The Bertz CT molecular complexity index is 1090. The average molecular weight is 439 g/mol. The van der Waals surface area contributed by atoms with Crippen LogP contribution in [0.4, 0.5) is 5.69 Å². The maximum atomic E-state index is 12.7. The highest BCUT2D eigenvalue weighted by molar-refractivity contribution is 9.10. The van der Waals surface area contributed by atoms with Crippen molar-refractivity contribution < 1.29 is 17.9 Å². The lowest BCUT2D eigenvalue weighted by Crippen LogP contribution is -2.14. The van der Waals surface area contributed by atoms with Crippen molar-refractivity contribution in [1.82, 2.24) is 15.2 Å². The monoisotopic (exact) mass is 438 g/mol. The van der Waals surface area contributed by atoms with Crippen molar-refractivity contribution >= 4 is 48.6 Å². The second kappa shape index (κ2) is 7.04. The number of esters is 1. The SMILES string of the molecule is CCOC(=O)c1cc(Br)cc(S(=O)(=O)Nc2cnc3n[nH]c(C)c3c2)c1. The Hall–Kier alpha value is -2.46. The summed E-state index contributed by atoms with van der Waals surface area (Å²) in [6.45, 7) is 3.69. The molecule has 3 rings (SSSR count). The van der Waals surface area contributed by atoms with E-state index < -0.39 is 16.0 Å². The number of aromatic nitrogens is 3. The van der Waals surface area contributed by atoms with Crippen LogP contribution in [-0.2, 0) is 14.8 Å². The second-order valence-corrected chi connectivity index (χ2v) is 8.04. The number of nitrogens with zero attached hydrogens (tertiary/aromatic N) is 2. The molecule has 0 aliphatic carbocycles. The van der Waals surface area contributed by atoms with Gasteiger partial charge in [-0.2, -0.15) is 5.10 Å². The molecule has 0 aliphatic heterocycles. The Kier molecular flexibility index (Phi) is 4.97. The van der Waals surface area contributed by atoms with Crippen molar-refractivity contribution in [3.63, 3.8) is 0 Å². The molecule has 1 aromatic carbocycles. The summed E-state index contributed by atoms with van der Waals surface area (Å²) in [5.74, 6) is -0.595. The van der Waals surface area contributed by atoms with E-state index in [0.29, 0.717) is 21.2 Å². The van der Waals surface area contributed by atoms with E-state index in [1.54, 1.807) is 13.0 Å². The lowest BCUT2D eigenvalue weighted by Gasteiger charge is -2.10. The molecule has 0 amide bonds. The van der Waals surface area contributed by atoms with Gasteiger partial charge in [0.05, 0.1) is 29.0 Å². The molecule has 0 saturated carbocycles. The molecule has 0 saturated heterocycles. The molecule has 0 radical (unpaired) electrons. The minimum absolute atomic E-state index is 0.0704. The molecule has 0 fully saturated rings. The molecule has 8 nitrogen and oxygen atoms in total. The molecule has 26 heavy (non-hydrogen) atoms. The molecule has 2 N–H and O–H groups in total. The number of H-pyrrole nitrogens is 1. The topological polar surface area (TPSA) is 114 Å². The number of rotatable bonds is 5. The van der Waals surface area contributed by atoms with E-state index in [0.717, 1.165) is 5.69 Å². The van der Waals surface area contributed by atoms with Gasteiger partial charge in [0.1, 0.15) is 0 Å². The van der Waals surface area contributed by atoms with Crippen LogP contribution in [-0.4, -0.2) is 36.2 Å². The first-order valence-corrected chi connectivity index (χ1v) is 9.89. The third kappa shape index (κ3) is 3.70. The fraction of sp³-hybridized carbons (Fsp3) is 0.188. The second-order valence-electron chi connectivity index (χ2n) is 5.45.